The number of amides is 1. The van der Waals surface area contributed by atoms with Crippen LogP contribution in [0.25, 0.3) is 0 Å². The molecule has 1 aliphatic rings. The standard InChI is InChI=1S/C19H20ClNO3/c1-2-3-9-21(15-7-5-4-6-8-15)19(22)14-12-16(20)18-17(13-14)23-10-11-24-18/h4-8,12-13H,2-3,9-11H2,1H3. The lowest BCUT2D eigenvalue weighted by molar-refractivity contribution is 0.0985. The molecule has 0 unspecified atom stereocenters. The number of anilines is 1. The van der Waals surface area contributed by atoms with Crippen LogP contribution in [0.1, 0.15) is 30.1 Å². The van der Waals surface area contributed by atoms with Crippen LogP contribution >= 0.6 is 11.6 Å². The van der Waals surface area contributed by atoms with Gasteiger partial charge in [-0.3, -0.25) is 4.79 Å². The molecule has 5 heteroatoms. The van der Waals surface area contributed by atoms with E-state index in [1.807, 2.05) is 30.3 Å². The van der Waals surface area contributed by atoms with Crippen molar-refractivity contribution in [3.63, 3.8) is 0 Å². The first-order valence-electron chi connectivity index (χ1n) is 8.16. The van der Waals surface area contributed by atoms with Gasteiger partial charge < -0.3 is 14.4 Å². The van der Waals surface area contributed by atoms with E-state index >= 15 is 0 Å². The molecule has 1 aliphatic heterocycles. The predicted octanol–water partition coefficient (Wildman–Crippen LogP) is 4.56. The summed E-state index contributed by atoms with van der Waals surface area (Å²) in [5, 5.41) is 0.402. The molecule has 0 atom stereocenters. The first-order chi connectivity index (χ1) is 11.7. The molecule has 2 aromatic carbocycles. The largest absolute Gasteiger partial charge is 0.486 e. The predicted molar refractivity (Wildman–Crippen MR) is 95.5 cm³/mol. The van der Waals surface area contributed by atoms with Gasteiger partial charge in [-0.2, -0.15) is 0 Å². The van der Waals surface area contributed by atoms with Crippen LogP contribution in [0.3, 0.4) is 0 Å². The van der Waals surface area contributed by atoms with Gasteiger partial charge >= 0.3 is 0 Å². The summed E-state index contributed by atoms with van der Waals surface area (Å²) in [6, 6.07) is 13.0. The molecule has 0 aliphatic carbocycles. The Bertz CT molecular complexity index is 718. The zero-order valence-electron chi connectivity index (χ0n) is 13.6. The molecule has 126 valence electrons. The number of nitrogens with zero attached hydrogens (tertiary/aromatic N) is 1. The van der Waals surface area contributed by atoms with Crippen molar-refractivity contribution in [1.29, 1.82) is 0 Å². The van der Waals surface area contributed by atoms with Crippen molar-refractivity contribution in [2.24, 2.45) is 0 Å². The minimum absolute atomic E-state index is 0.0893. The Hall–Kier alpha value is -2.20. The second-order valence-electron chi connectivity index (χ2n) is 5.63. The minimum Gasteiger partial charge on any atom is -0.486 e. The van der Waals surface area contributed by atoms with Gasteiger partial charge in [0.2, 0.25) is 0 Å². The Kier molecular flexibility index (Phi) is 5.26. The number of para-hydroxylation sites is 1. The summed E-state index contributed by atoms with van der Waals surface area (Å²) in [5.74, 6) is 0.952. The summed E-state index contributed by atoms with van der Waals surface area (Å²) in [6.07, 6.45) is 1.94. The highest BCUT2D eigenvalue weighted by Crippen LogP contribution is 2.38. The van der Waals surface area contributed by atoms with Crippen LogP contribution in [0.15, 0.2) is 42.5 Å². The van der Waals surface area contributed by atoms with Crippen LogP contribution in [-0.4, -0.2) is 25.7 Å². The van der Waals surface area contributed by atoms with Crippen LogP contribution in [0.5, 0.6) is 11.5 Å². The highest BCUT2D eigenvalue weighted by atomic mass is 35.5. The van der Waals surface area contributed by atoms with Gasteiger partial charge in [0, 0.05) is 17.8 Å². The maximum absolute atomic E-state index is 13.1. The van der Waals surface area contributed by atoms with E-state index in [-0.39, 0.29) is 5.91 Å². The molecule has 0 fully saturated rings. The number of fused-ring (bicyclic) bond motifs is 1. The molecule has 3 rings (SSSR count). The first-order valence-corrected chi connectivity index (χ1v) is 8.54. The molecule has 1 amide bonds. The third-order valence-electron chi connectivity index (χ3n) is 3.89. The van der Waals surface area contributed by atoms with Crippen molar-refractivity contribution >= 4 is 23.2 Å². The summed E-state index contributed by atoms with van der Waals surface area (Å²) >= 11 is 6.27. The number of hydrogen-bond donors (Lipinski definition) is 0. The average molecular weight is 346 g/mol. The van der Waals surface area contributed by atoms with E-state index in [1.54, 1.807) is 17.0 Å². The summed E-state index contributed by atoms with van der Waals surface area (Å²) in [4.78, 5) is 14.8. The van der Waals surface area contributed by atoms with Gasteiger partial charge in [0.1, 0.15) is 13.2 Å². The Morgan fingerprint density at radius 3 is 2.67 bits per heavy atom. The first kappa shape index (κ1) is 16.7. The molecule has 1 heterocycles. The zero-order chi connectivity index (χ0) is 16.9. The second kappa shape index (κ2) is 7.58. The Morgan fingerprint density at radius 1 is 1.17 bits per heavy atom. The number of rotatable bonds is 5. The van der Waals surface area contributed by atoms with Crippen LogP contribution < -0.4 is 14.4 Å². The van der Waals surface area contributed by atoms with E-state index < -0.39 is 0 Å². The summed E-state index contributed by atoms with van der Waals surface area (Å²) in [7, 11) is 0. The highest BCUT2D eigenvalue weighted by molar-refractivity contribution is 6.32. The number of unbranched alkanes of at least 4 members (excludes halogenated alkanes) is 1. The van der Waals surface area contributed by atoms with Crippen LogP contribution in [0.4, 0.5) is 5.69 Å². The van der Waals surface area contributed by atoms with E-state index in [9.17, 15) is 4.79 Å². The Morgan fingerprint density at radius 2 is 1.92 bits per heavy atom. The van der Waals surface area contributed by atoms with Crippen molar-refractivity contribution in [2.45, 2.75) is 19.8 Å². The number of hydrogen-bond acceptors (Lipinski definition) is 3. The number of ether oxygens (including phenoxy) is 2. The monoisotopic (exact) mass is 345 g/mol. The molecule has 0 N–H and O–H groups in total. The van der Waals surface area contributed by atoms with Crippen molar-refractivity contribution < 1.29 is 14.3 Å². The lowest BCUT2D eigenvalue weighted by atomic mass is 10.1. The van der Waals surface area contributed by atoms with Crippen molar-refractivity contribution in [3.8, 4) is 11.5 Å². The van der Waals surface area contributed by atoms with Gasteiger partial charge in [0.25, 0.3) is 5.91 Å². The molecule has 0 saturated carbocycles. The minimum atomic E-state index is -0.0893. The number of carbonyl (C=O) groups excluding carboxylic acids is 1. The fourth-order valence-corrected chi connectivity index (χ4v) is 2.93. The topological polar surface area (TPSA) is 38.8 Å². The van der Waals surface area contributed by atoms with E-state index in [4.69, 9.17) is 21.1 Å². The Labute approximate surface area is 146 Å². The molecule has 0 saturated heterocycles. The molecule has 2 aromatic rings. The molecule has 0 spiro atoms. The van der Waals surface area contributed by atoms with Gasteiger partial charge in [-0.25, -0.2) is 0 Å². The third kappa shape index (κ3) is 3.49. The zero-order valence-corrected chi connectivity index (χ0v) is 14.4. The maximum Gasteiger partial charge on any atom is 0.258 e. The average Bonchev–Trinajstić information content (AvgIpc) is 2.63. The molecule has 24 heavy (non-hydrogen) atoms. The van der Waals surface area contributed by atoms with Gasteiger partial charge in [-0.1, -0.05) is 43.1 Å². The molecular weight excluding hydrogens is 326 g/mol. The van der Waals surface area contributed by atoms with Crippen molar-refractivity contribution in [1.82, 2.24) is 0 Å². The van der Waals surface area contributed by atoms with Gasteiger partial charge in [-0.05, 0) is 30.7 Å². The lowest BCUT2D eigenvalue weighted by Crippen LogP contribution is -2.32. The van der Waals surface area contributed by atoms with Crippen molar-refractivity contribution in [2.75, 3.05) is 24.7 Å². The van der Waals surface area contributed by atoms with Gasteiger partial charge in [-0.15, -0.1) is 0 Å². The molecule has 4 nitrogen and oxygen atoms in total. The quantitative estimate of drug-likeness (QED) is 0.797. The summed E-state index contributed by atoms with van der Waals surface area (Å²) in [6.45, 7) is 3.69. The molecule has 0 bridgehead atoms. The fraction of sp³-hybridized carbons (Fsp3) is 0.316. The van der Waals surface area contributed by atoms with Crippen LogP contribution in [-0.2, 0) is 0 Å². The summed E-state index contributed by atoms with van der Waals surface area (Å²) < 4.78 is 11.1. The number of carbonyl (C=O) groups is 1. The smallest absolute Gasteiger partial charge is 0.258 e. The highest BCUT2D eigenvalue weighted by Gasteiger charge is 2.23. The van der Waals surface area contributed by atoms with E-state index in [0.717, 1.165) is 18.5 Å². The van der Waals surface area contributed by atoms with E-state index in [2.05, 4.69) is 6.92 Å². The Balaban J connectivity index is 1.94. The van der Waals surface area contributed by atoms with E-state index in [0.29, 0.717) is 41.8 Å². The number of halogens is 1. The van der Waals surface area contributed by atoms with Gasteiger partial charge in [0.05, 0.1) is 5.02 Å². The third-order valence-corrected chi connectivity index (χ3v) is 4.17. The van der Waals surface area contributed by atoms with Gasteiger partial charge in [0.15, 0.2) is 11.5 Å². The number of benzene rings is 2. The molecule has 0 radical (unpaired) electrons. The molecule has 0 aromatic heterocycles. The van der Waals surface area contributed by atoms with Crippen molar-refractivity contribution in [3.05, 3.63) is 53.1 Å². The van der Waals surface area contributed by atoms with Crippen LogP contribution in [0.2, 0.25) is 5.02 Å². The van der Waals surface area contributed by atoms with Crippen LogP contribution in [0, 0.1) is 0 Å². The molecular formula is C19H20ClNO3. The fourth-order valence-electron chi connectivity index (χ4n) is 2.66. The van der Waals surface area contributed by atoms with E-state index in [1.165, 1.54) is 0 Å². The SMILES string of the molecule is CCCCN(C(=O)c1cc(Cl)c2c(c1)OCCO2)c1ccccc1. The second-order valence-corrected chi connectivity index (χ2v) is 6.04. The lowest BCUT2D eigenvalue weighted by Gasteiger charge is -2.24. The summed E-state index contributed by atoms with van der Waals surface area (Å²) in [5.41, 5.74) is 1.38. The maximum atomic E-state index is 13.1. The normalized spacial score (nSPS) is 12.8.